The van der Waals surface area contributed by atoms with Gasteiger partial charge in [-0.3, -0.25) is 0 Å². The molecular weight excluding hydrogens is 241 g/mol. The van der Waals surface area contributed by atoms with E-state index in [1.165, 1.54) is 25.0 Å². The van der Waals surface area contributed by atoms with Crippen LogP contribution in [0.1, 0.15) is 57.1 Å². The van der Waals surface area contributed by atoms with Crippen LogP contribution < -0.4 is 5.32 Å². The predicted octanol–water partition coefficient (Wildman–Crippen LogP) is 3.56. The molecule has 1 aliphatic heterocycles. The van der Waals surface area contributed by atoms with Gasteiger partial charge in [-0.25, -0.2) is 4.39 Å². The molecule has 0 spiro atoms. The molecule has 1 aliphatic rings. The van der Waals surface area contributed by atoms with E-state index in [-0.39, 0.29) is 11.9 Å². The molecule has 2 rings (SSSR count). The molecule has 1 fully saturated rings. The second-order valence-corrected chi connectivity index (χ2v) is 5.54. The Kier molecular flexibility index (Phi) is 5.34. The van der Waals surface area contributed by atoms with E-state index in [2.05, 4.69) is 12.2 Å². The summed E-state index contributed by atoms with van der Waals surface area (Å²) in [7, 11) is 0. The van der Waals surface area contributed by atoms with Gasteiger partial charge in [0.1, 0.15) is 5.82 Å². The first-order valence-electron chi connectivity index (χ1n) is 7.40. The van der Waals surface area contributed by atoms with Crippen molar-refractivity contribution in [2.45, 2.75) is 63.6 Å². The highest BCUT2D eigenvalue weighted by Gasteiger charge is 2.25. The first-order valence-corrected chi connectivity index (χ1v) is 7.40. The summed E-state index contributed by atoms with van der Waals surface area (Å²) in [5.41, 5.74) is 0.676. The number of halogens is 1. The van der Waals surface area contributed by atoms with Crippen molar-refractivity contribution in [3.05, 3.63) is 35.6 Å². The zero-order valence-electron chi connectivity index (χ0n) is 11.6. The molecule has 106 valence electrons. The van der Waals surface area contributed by atoms with Crippen LogP contribution in [-0.2, 0) is 0 Å². The Morgan fingerprint density at radius 3 is 2.89 bits per heavy atom. The van der Waals surface area contributed by atoms with Crippen molar-refractivity contribution in [2.24, 2.45) is 0 Å². The maximum absolute atomic E-state index is 13.2. The van der Waals surface area contributed by atoms with Crippen LogP contribution in [-0.4, -0.2) is 17.2 Å². The van der Waals surface area contributed by atoms with Gasteiger partial charge in [0.25, 0.3) is 0 Å². The van der Waals surface area contributed by atoms with E-state index in [9.17, 15) is 9.50 Å². The Balaban J connectivity index is 2.06. The molecule has 0 radical (unpaired) electrons. The number of aliphatic hydroxyl groups excluding tert-OH is 1. The number of hydrogen-bond donors (Lipinski definition) is 2. The lowest BCUT2D eigenvalue weighted by Gasteiger charge is -2.27. The summed E-state index contributed by atoms with van der Waals surface area (Å²) in [6.45, 7) is 2.19. The summed E-state index contributed by atoms with van der Waals surface area (Å²) >= 11 is 0. The average Bonchev–Trinajstić information content (AvgIpc) is 2.64. The van der Waals surface area contributed by atoms with Gasteiger partial charge in [-0.15, -0.1) is 0 Å². The molecule has 2 nitrogen and oxygen atoms in total. The molecule has 2 N–H and O–H groups in total. The van der Waals surface area contributed by atoms with Crippen molar-refractivity contribution in [1.82, 2.24) is 5.32 Å². The van der Waals surface area contributed by atoms with Gasteiger partial charge in [-0.05, 0) is 37.0 Å². The summed E-state index contributed by atoms with van der Waals surface area (Å²) in [5.74, 6) is -0.282. The van der Waals surface area contributed by atoms with E-state index in [0.29, 0.717) is 11.6 Å². The minimum absolute atomic E-state index is 0.0425. The molecule has 0 aromatic heterocycles. The second kappa shape index (κ2) is 7.01. The summed E-state index contributed by atoms with van der Waals surface area (Å²) < 4.78 is 13.2. The SMILES string of the molecule is CCC[C@H]1CCCC[C@H]([C@H](O)c2cccc(F)c2)N1. The van der Waals surface area contributed by atoms with Crippen molar-refractivity contribution in [3.8, 4) is 0 Å². The first kappa shape index (κ1) is 14.5. The van der Waals surface area contributed by atoms with Crippen molar-refractivity contribution >= 4 is 0 Å². The van der Waals surface area contributed by atoms with Crippen LogP contribution in [0.5, 0.6) is 0 Å². The molecule has 19 heavy (non-hydrogen) atoms. The minimum atomic E-state index is -0.617. The maximum Gasteiger partial charge on any atom is 0.123 e. The van der Waals surface area contributed by atoms with Gasteiger partial charge in [-0.1, -0.05) is 38.3 Å². The van der Waals surface area contributed by atoms with Crippen LogP contribution in [0, 0.1) is 5.82 Å². The van der Waals surface area contributed by atoms with E-state index in [0.717, 1.165) is 25.7 Å². The molecular formula is C16H24FNO. The van der Waals surface area contributed by atoms with Gasteiger partial charge in [-0.2, -0.15) is 0 Å². The maximum atomic E-state index is 13.2. The molecule has 3 heteroatoms. The van der Waals surface area contributed by atoms with E-state index in [1.807, 2.05) is 0 Å². The van der Waals surface area contributed by atoms with Gasteiger partial charge in [0.2, 0.25) is 0 Å². The molecule has 0 saturated carbocycles. The number of benzene rings is 1. The third-order valence-corrected chi connectivity index (χ3v) is 3.98. The first-order chi connectivity index (χ1) is 9.20. The topological polar surface area (TPSA) is 32.3 Å². The van der Waals surface area contributed by atoms with Crippen molar-refractivity contribution in [1.29, 1.82) is 0 Å². The van der Waals surface area contributed by atoms with Crippen molar-refractivity contribution in [3.63, 3.8) is 0 Å². The van der Waals surface area contributed by atoms with Crippen LogP contribution in [0.2, 0.25) is 0 Å². The van der Waals surface area contributed by atoms with Gasteiger partial charge in [0.15, 0.2) is 0 Å². The van der Waals surface area contributed by atoms with E-state index in [1.54, 1.807) is 12.1 Å². The van der Waals surface area contributed by atoms with Gasteiger partial charge >= 0.3 is 0 Å². The Morgan fingerprint density at radius 1 is 1.37 bits per heavy atom. The van der Waals surface area contributed by atoms with Gasteiger partial charge in [0, 0.05) is 12.1 Å². The second-order valence-electron chi connectivity index (χ2n) is 5.54. The normalized spacial score (nSPS) is 25.8. The fourth-order valence-corrected chi connectivity index (χ4v) is 2.97. The highest BCUT2D eigenvalue weighted by molar-refractivity contribution is 5.20. The molecule has 0 unspecified atom stereocenters. The van der Waals surface area contributed by atoms with Crippen LogP contribution >= 0.6 is 0 Å². The lowest BCUT2D eigenvalue weighted by Crippen LogP contribution is -2.40. The average molecular weight is 265 g/mol. The third-order valence-electron chi connectivity index (χ3n) is 3.98. The summed E-state index contributed by atoms with van der Waals surface area (Å²) in [5, 5.41) is 14.0. The molecule has 0 aliphatic carbocycles. The number of nitrogens with one attached hydrogen (secondary N) is 1. The summed E-state index contributed by atoms with van der Waals surface area (Å²) in [6.07, 6.45) is 6.16. The van der Waals surface area contributed by atoms with Gasteiger partial charge in [0.05, 0.1) is 6.10 Å². The number of aliphatic hydroxyl groups is 1. The smallest absolute Gasteiger partial charge is 0.123 e. The van der Waals surface area contributed by atoms with Crippen LogP contribution in [0.15, 0.2) is 24.3 Å². The Morgan fingerprint density at radius 2 is 2.16 bits per heavy atom. The highest BCUT2D eigenvalue weighted by atomic mass is 19.1. The Hall–Kier alpha value is -0.930. The van der Waals surface area contributed by atoms with Crippen LogP contribution in [0.3, 0.4) is 0 Å². The molecule has 1 aromatic rings. The quantitative estimate of drug-likeness (QED) is 0.872. The summed E-state index contributed by atoms with van der Waals surface area (Å²) in [4.78, 5) is 0. The molecule has 0 amide bonds. The molecule has 1 saturated heterocycles. The van der Waals surface area contributed by atoms with Crippen LogP contribution in [0.4, 0.5) is 4.39 Å². The lowest BCUT2D eigenvalue weighted by atomic mass is 9.98. The van der Waals surface area contributed by atoms with E-state index < -0.39 is 6.10 Å². The van der Waals surface area contributed by atoms with E-state index in [4.69, 9.17) is 0 Å². The predicted molar refractivity (Wildman–Crippen MR) is 75.4 cm³/mol. The Labute approximate surface area is 115 Å². The van der Waals surface area contributed by atoms with Gasteiger partial charge < -0.3 is 10.4 Å². The Bertz CT molecular complexity index is 396. The van der Waals surface area contributed by atoms with Crippen molar-refractivity contribution in [2.75, 3.05) is 0 Å². The molecule has 1 aromatic carbocycles. The monoisotopic (exact) mass is 265 g/mol. The lowest BCUT2D eigenvalue weighted by molar-refractivity contribution is 0.119. The number of rotatable bonds is 4. The zero-order valence-corrected chi connectivity index (χ0v) is 11.6. The zero-order chi connectivity index (χ0) is 13.7. The van der Waals surface area contributed by atoms with Crippen molar-refractivity contribution < 1.29 is 9.50 Å². The minimum Gasteiger partial charge on any atom is -0.387 e. The third kappa shape index (κ3) is 4.02. The standard InChI is InChI=1S/C16H24FNO/c1-2-6-14-9-3-4-10-15(18-14)16(19)12-7-5-8-13(17)11-12/h5,7-8,11,14-16,18-19H,2-4,6,9-10H2,1H3/t14-,15+,16+/m0/s1. The fraction of sp³-hybridized carbons (Fsp3) is 0.625. The van der Waals surface area contributed by atoms with E-state index >= 15 is 0 Å². The number of hydrogen-bond acceptors (Lipinski definition) is 2. The highest BCUT2D eigenvalue weighted by Crippen LogP contribution is 2.25. The fourth-order valence-electron chi connectivity index (χ4n) is 2.97. The molecule has 0 bridgehead atoms. The molecule has 1 heterocycles. The molecule has 3 atom stereocenters. The van der Waals surface area contributed by atoms with Crippen LogP contribution in [0.25, 0.3) is 0 Å². The largest absolute Gasteiger partial charge is 0.387 e. The summed E-state index contributed by atoms with van der Waals surface area (Å²) in [6, 6.07) is 6.84.